The van der Waals surface area contributed by atoms with Gasteiger partial charge >= 0.3 is 29.6 Å². The van der Waals surface area contributed by atoms with Crippen molar-refractivity contribution in [2.45, 2.75) is 12.7 Å². The van der Waals surface area contributed by atoms with Crippen LogP contribution in [0.25, 0.3) is 0 Å². The van der Waals surface area contributed by atoms with E-state index in [1.807, 2.05) is 18.2 Å². The molecule has 0 amide bonds. The van der Waals surface area contributed by atoms with Gasteiger partial charge in [0.05, 0.1) is 0 Å². The standard InChI is InChI=1S/C7H8S.C2H4O2.Na.H/c8-6-7-4-2-1-3-5-7;1-2(3)4;;/h1-5,8H,6H2;1H3,(H,3,4);;. The zero-order valence-electron chi connectivity index (χ0n) is 6.90. The molecule has 0 bridgehead atoms. The van der Waals surface area contributed by atoms with Gasteiger partial charge in [-0.15, -0.1) is 0 Å². The predicted molar refractivity (Wildman–Crippen MR) is 59.6 cm³/mol. The molecule has 0 aromatic heterocycles. The number of hydrogen-bond donors (Lipinski definition) is 2. The predicted octanol–water partition coefficient (Wildman–Crippen LogP) is 1.56. The monoisotopic (exact) mass is 208 g/mol. The van der Waals surface area contributed by atoms with Crippen LogP contribution < -0.4 is 0 Å². The Morgan fingerprint density at radius 1 is 1.38 bits per heavy atom. The van der Waals surface area contributed by atoms with E-state index in [1.165, 1.54) is 5.56 Å². The number of carbonyl (C=O) groups is 1. The summed E-state index contributed by atoms with van der Waals surface area (Å²) in [6.07, 6.45) is 0. The molecule has 68 valence electrons. The average Bonchev–Trinajstić information content (AvgIpc) is 2.05. The van der Waals surface area contributed by atoms with Crippen LogP contribution in [0.2, 0.25) is 0 Å². The van der Waals surface area contributed by atoms with E-state index in [1.54, 1.807) is 0 Å². The molecule has 0 heterocycles. The number of carboxylic acids is 1. The van der Waals surface area contributed by atoms with E-state index in [0.29, 0.717) is 0 Å². The van der Waals surface area contributed by atoms with Crippen molar-refractivity contribution in [1.82, 2.24) is 0 Å². The Morgan fingerprint density at radius 3 is 2.00 bits per heavy atom. The van der Waals surface area contributed by atoms with Crippen LogP contribution in [0.3, 0.4) is 0 Å². The fourth-order valence-electron chi connectivity index (χ4n) is 0.583. The van der Waals surface area contributed by atoms with Crippen LogP contribution >= 0.6 is 12.6 Å². The van der Waals surface area contributed by atoms with E-state index in [4.69, 9.17) is 9.90 Å². The van der Waals surface area contributed by atoms with Gasteiger partial charge < -0.3 is 5.11 Å². The molecule has 4 heteroatoms. The maximum absolute atomic E-state index is 9.00. The Bertz CT molecular complexity index is 222. The number of benzene rings is 1. The van der Waals surface area contributed by atoms with Crippen molar-refractivity contribution in [3.63, 3.8) is 0 Å². The molecule has 0 atom stereocenters. The Morgan fingerprint density at radius 2 is 1.77 bits per heavy atom. The van der Waals surface area contributed by atoms with Gasteiger partial charge in [-0.25, -0.2) is 0 Å². The van der Waals surface area contributed by atoms with Crippen LogP contribution in [-0.4, -0.2) is 40.6 Å². The first-order valence-corrected chi connectivity index (χ1v) is 4.14. The third-order valence-corrected chi connectivity index (χ3v) is 1.39. The molecule has 1 rings (SSSR count). The molecule has 0 unspecified atom stereocenters. The third-order valence-electron chi connectivity index (χ3n) is 1.03. The number of rotatable bonds is 1. The summed E-state index contributed by atoms with van der Waals surface area (Å²) in [6, 6.07) is 10.2. The zero-order chi connectivity index (χ0) is 9.40. The van der Waals surface area contributed by atoms with Crippen molar-refractivity contribution in [2.24, 2.45) is 0 Å². The molecular weight excluding hydrogens is 195 g/mol. The Labute approximate surface area is 106 Å². The van der Waals surface area contributed by atoms with Crippen molar-refractivity contribution in [2.75, 3.05) is 0 Å². The summed E-state index contributed by atoms with van der Waals surface area (Å²) in [5.74, 6) is 0.000833. The van der Waals surface area contributed by atoms with Gasteiger partial charge in [0, 0.05) is 12.7 Å². The summed E-state index contributed by atoms with van der Waals surface area (Å²) in [5, 5.41) is 7.42. The van der Waals surface area contributed by atoms with Gasteiger partial charge in [0.25, 0.3) is 5.97 Å². The number of carboxylic acid groups (broad SMARTS) is 1. The molecule has 0 radical (unpaired) electrons. The second-order valence-corrected chi connectivity index (χ2v) is 2.48. The van der Waals surface area contributed by atoms with E-state index in [0.717, 1.165) is 12.7 Å². The minimum atomic E-state index is -0.833. The molecule has 0 saturated carbocycles. The van der Waals surface area contributed by atoms with Crippen LogP contribution in [0.15, 0.2) is 30.3 Å². The molecule has 0 spiro atoms. The van der Waals surface area contributed by atoms with E-state index >= 15 is 0 Å². The Kier molecular flexibility index (Phi) is 12.1. The van der Waals surface area contributed by atoms with Gasteiger partial charge in [-0.2, -0.15) is 12.6 Å². The van der Waals surface area contributed by atoms with Gasteiger partial charge in [-0.3, -0.25) is 4.79 Å². The summed E-state index contributed by atoms with van der Waals surface area (Å²) in [6.45, 7) is 1.08. The maximum atomic E-state index is 9.00. The van der Waals surface area contributed by atoms with E-state index < -0.39 is 5.97 Å². The number of hydrogen-bond acceptors (Lipinski definition) is 2. The number of thiol groups is 1. The van der Waals surface area contributed by atoms with Gasteiger partial charge in [0.15, 0.2) is 0 Å². The van der Waals surface area contributed by atoms with Gasteiger partial charge in [0.2, 0.25) is 0 Å². The van der Waals surface area contributed by atoms with Gasteiger partial charge in [-0.1, -0.05) is 30.3 Å². The van der Waals surface area contributed by atoms with E-state index in [9.17, 15) is 0 Å². The average molecular weight is 208 g/mol. The zero-order valence-corrected chi connectivity index (χ0v) is 7.79. The molecule has 1 N–H and O–H groups in total. The Balaban J connectivity index is 0. The van der Waals surface area contributed by atoms with Crippen molar-refractivity contribution in [3.8, 4) is 0 Å². The first kappa shape index (κ1) is 15.5. The molecule has 0 aliphatic heterocycles. The summed E-state index contributed by atoms with van der Waals surface area (Å²) < 4.78 is 0. The molecule has 13 heavy (non-hydrogen) atoms. The van der Waals surface area contributed by atoms with Crippen molar-refractivity contribution in [3.05, 3.63) is 35.9 Å². The van der Waals surface area contributed by atoms with Crippen molar-refractivity contribution >= 4 is 48.2 Å². The normalized spacial score (nSPS) is 7.54. The molecular formula is C9H13NaO2S. The van der Waals surface area contributed by atoms with Crippen LogP contribution in [0.4, 0.5) is 0 Å². The number of aliphatic carboxylic acids is 1. The van der Waals surface area contributed by atoms with Crippen molar-refractivity contribution < 1.29 is 9.90 Å². The summed E-state index contributed by atoms with van der Waals surface area (Å²) >= 11 is 4.11. The van der Waals surface area contributed by atoms with Crippen LogP contribution in [-0.2, 0) is 10.5 Å². The second kappa shape index (κ2) is 10.1. The van der Waals surface area contributed by atoms with Crippen LogP contribution in [0.5, 0.6) is 0 Å². The summed E-state index contributed by atoms with van der Waals surface area (Å²) in [7, 11) is 0. The molecule has 0 aliphatic rings. The minimum absolute atomic E-state index is 0. The molecule has 0 aliphatic carbocycles. The quantitative estimate of drug-likeness (QED) is 0.543. The first-order valence-electron chi connectivity index (χ1n) is 3.51. The fraction of sp³-hybridized carbons (Fsp3) is 0.222. The van der Waals surface area contributed by atoms with Crippen LogP contribution in [0.1, 0.15) is 12.5 Å². The second-order valence-electron chi connectivity index (χ2n) is 2.16. The SMILES string of the molecule is CC(=O)O.SCc1ccccc1.[NaH]. The topological polar surface area (TPSA) is 37.3 Å². The van der Waals surface area contributed by atoms with Gasteiger partial charge in [-0.05, 0) is 5.56 Å². The molecule has 0 saturated heterocycles. The molecule has 0 fully saturated rings. The molecule has 1 aromatic rings. The fourth-order valence-corrected chi connectivity index (χ4v) is 0.794. The Hall–Kier alpha value is 0.0400. The van der Waals surface area contributed by atoms with Gasteiger partial charge in [0.1, 0.15) is 0 Å². The third kappa shape index (κ3) is 12.0. The molecule has 1 aromatic carbocycles. The first-order chi connectivity index (χ1) is 5.66. The van der Waals surface area contributed by atoms with Crippen molar-refractivity contribution in [1.29, 1.82) is 0 Å². The summed E-state index contributed by atoms with van der Waals surface area (Å²) in [5.41, 5.74) is 1.27. The van der Waals surface area contributed by atoms with Crippen LogP contribution in [0, 0.1) is 0 Å². The van der Waals surface area contributed by atoms with E-state index in [2.05, 4.69) is 24.8 Å². The van der Waals surface area contributed by atoms with E-state index in [-0.39, 0.29) is 29.6 Å². The molecule has 2 nitrogen and oxygen atoms in total. The summed E-state index contributed by atoms with van der Waals surface area (Å²) in [4.78, 5) is 9.00.